The van der Waals surface area contributed by atoms with Gasteiger partial charge in [-0.05, 0) is 37.3 Å². The lowest BCUT2D eigenvalue weighted by Gasteiger charge is -2.16. The smallest absolute Gasteiger partial charge is 0.266 e. The first kappa shape index (κ1) is 17.8. The van der Waals surface area contributed by atoms with Crippen LogP contribution in [0.15, 0.2) is 41.2 Å². The number of aryl methyl sites for hydroxylation is 1. The Kier molecular flexibility index (Phi) is 5.11. The van der Waals surface area contributed by atoms with Crippen molar-refractivity contribution in [3.8, 4) is 0 Å². The molecule has 1 aliphatic rings. The molecule has 0 bridgehead atoms. The molecule has 136 valence electrons. The lowest BCUT2D eigenvalue weighted by Crippen LogP contribution is -2.36. The number of aromatic nitrogens is 2. The highest BCUT2D eigenvalue weighted by atomic mass is 19.1. The van der Waals surface area contributed by atoms with E-state index in [-0.39, 0.29) is 49.2 Å². The van der Waals surface area contributed by atoms with Gasteiger partial charge >= 0.3 is 0 Å². The average molecular weight is 358 g/mol. The minimum atomic E-state index is -0.477. The third-order valence-corrected chi connectivity index (χ3v) is 4.26. The highest BCUT2D eigenvalue weighted by Crippen LogP contribution is 2.25. The maximum absolute atomic E-state index is 13.0. The number of nitrogens with one attached hydrogen (secondary N) is 1. The largest absolute Gasteiger partial charge is 0.354 e. The summed E-state index contributed by atoms with van der Waals surface area (Å²) in [7, 11) is 0. The van der Waals surface area contributed by atoms with Crippen LogP contribution in [0.1, 0.15) is 12.1 Å². The van der Waals surface area contributed by atoms with Crippen LogP contribution < -0.4 is 15.8 Å². The summed E-state index contributed by atoms with van der Waals surface area (Å²) in [6.45, 7) is 2.53. The number of hydrogen-bond donors (Lipinski definition) is 1. The fourth-order valence-corrected chi connectivity index (χ4v) is 2.89. The summed E-state index contributed by atoms with van der Waals surface area (Å²) >= 11 is 0. The zero-order valence-corrected chi connectivity index (χ0v) is 14.3. The van der Waals surface area contributed by atoms with Crippen LogP contribution in [0.4, 0.5) is 10.1 Å². The van der Waals surface area contributed by atoms with E-state index in [1.165, 1.54) is 39.9 Å². The van der Waals surface area contributed by atoms with Crippen LogP contribution in [0.3, 0.4) is 0 Å². The van der Waals surface area contributed by atoms with Gasteiger partial charge in [0.05, 0.1) is 18.2 Å². The summed E-state index contributed by atoms with van der Waals surface area (Å²) < 4.78 is 14.3. The van der Waals surface area contributed by atoms with Crippen LogP contribution in [0.5, 0.6) is 0 Å². The topological polar surface area (TPSA) is 84.3 Å². The van der Waals surface area contributed by atoms with Gasteiger partial charge in [-0.3, -0.25) is 14.4 Å². The SMILES string of the molecule is Cc1ccc(=O)n(CCNC(=O)C2CC(=O)N(c3ccc(F)cc3)C2)n1. The first-order valence-corrected chi connectivity index (χ1v) is 8.32. The average Bonchev–Trinajstić information content (AvgIpc) is 3.00. The van der Waals surface area contributed by atoms with Crippen molar-refractivity contribution in [2.45, 2.75) is 19.9 Å². The molecule has 2 heterocycles. The molecule has 7 nitrogen and oxygen atoms in total. The standard InChI is InChI=1S/C18H19FN4O3/c1-12-2-7-16(24)23(21-12)9-8-20-18(26)13-10-17(25)22(11-13)15-5-3-14(19)4-6-15/h2-7,13H,8-11H2,1H3,(H,20,26). The third kappa shape index (κ3) is 3.96. The Bertz CT molecular complexity index is 879. The molecule has 0 saturated carbocycles. The Labute approximate surface area is 149 Å². The van der Waals surface area contributed by atoms with E-state index in [4.69, 9.17) is 0 Å². The molecular formula is C18H19FN4O3. The third-order valence-electron chi connectivity index (χ3n) is 4.26. The number of anilines is 1. The lowest BCUT2D eigenvalue weighted by atomic mass is 10.1. The van der Waals surface area contributed by atoms with Crippen LogP contribution in [0, 0.1) is 18.7 Å². The Morgan fingerprint density at radius 3 is 2.69 bits per heavy atom. The van der Waals surface area contributed by atoms with Gasteiger partial charge in [0.25, 0.3) is 5.56 Å². The fraction of sp³-hybridized carbons (Fsp3) is 0.333. The van der Waals surface area contributed by atoms with E-state index in [2.05, 4.69) is 10.4 Å². The van der Waals surface area contributed by atoms with Crippen LogP contribution in [-0.2, 0) is 16.1 Å². The normalized spacial score (nSPS) is 16.8. The van der Waals surface area contributed by atoms with E-state index in [0.29, 0.717) is 11.4 Å². The Balaban J connectivity index is 1.55. The van der Waals surface area contributed by atoms with Crippen molar-refractivity contribution in [2.24, 2.45) is 5.92 Å². The monoisotopic (exact) mass is 358 g/mol. The molecule has 1 saturated heterocycles. The van der Waals surface area contributed by atoms with Crippen LogP contribution in [-0.4, -0.2) is 34.7 Å². The number of nitrogens with zero attached hydrogens (tertiary/aromatic N) is 3. The van der Waals surface area contributed by atoms with E-state index in [1.807, 2.05) is 0 Å². The molecule has 3 rings (SSSR count). The van der Waals surface area contributed by atoms with Crippen molar-refractivity contribution in [1.29, 1.82) is 0 Å². The molecule has 0 aliphatic carbocycles. The molecule has 1 aliphatic heterocycles. The predicted octanol–water partition coefficient (Wildman–Crippen LogP) is 0.860. The maximum Gasteiger partial charge on any atom is 0.266 e. The van der Waals surface area contributed by atoms with E-state index in [1.54, 1.807) is 13.0 Å². The van der Waals surface area contributed by atoms with Gasteiger partial charge in [-0.15, -0.1) is 0 Å². The van der Waals surface area contributed by atoms with E-state index in [9.17, 15) is 18.8 Å². The number of benzene rings is 1. The molecule has 0 spiro atoms. The molecule has 1 N–H and O–H groups in total. The second kappa shape index (κ2) is 7.47. The molecule has 2 aromatic rings. The van der Waals surface area contributed by atoms with Gasteiger partial charge < -0.3 is 10.2 Å². The summed E-state index contributed by atoms with van der Waals surface area (Å²) in [6, 6.07) is 8.66. The molecular weight excluding hydrogens is 339 g/mol. The summed E-state index contributed by atoms with van der Waals surface area (Å²) in [4.78, 5) is 37.6. The van der Waals surface area contributed by atoms with Gasteiger partial charge in [-0.25, -0.2) is 9.07 Å². The van der Waals surface area contributed by atoms with Gasteiger partial charge in [-0.1, -0.05) is 0 Å². The Hall–Kier alpha value is -3.03. The van der Waals surface area contributed by atoms with Crippen LogP contribution in [0.2, 0.25) is 0 Å². The number of carbonyl (C=O) groups excluding carboxylic acids is 2. The van der Waals surface area contributed by atoms with Crippen molar-refractivity contribution < 1.29 is 14.0 Å². The van der Waals surface area contributed by atoms with E-state index in [0.717, 1.165) is 0 Å². The minimum absolute atomic E-state index is 0.103. The Morgan fingerprint density at radius 2 is 1.96 bits per heavy atom. The first-order valence-electron chi connectivity index (χ1n) is 8.32. The van der Waals surface area contributed by atoms with Crippen molar-refractivity contribution in [3.63, 3.8) is 0 Å². The number of amides is 2. The second-order valence-corrected chi connectivity index (χ2v) is 6.21. The number of halogens is 1. The molecule has 0 radical (unpaired) electrons. The summed E-state index contributed by atoms with van der Waals surface area (Å²) in [5.74, 6) is -1.28. The van der Waals surface area contributed by atoms with Crippen molar-refractivity contribution in [3.05, 3.63) is 58.3 Å². The molecule has 1 atom stereocenters. The van der Waals surface area contributed by atoms with Crippen LogP contribution in [0.25, 0.3) is 0 Å². The second-order valence-electron chi connectivity index (χ2n) is 6.21. The molecule has 1 aromatic carbocycles. The van der Waals surface area contributed by atoms with Crippen LogP contribution >= 0.6 is 0 Å². The zero-order chi connectivity index (χ0) is 18.7. The lowest BCUT2D eigenvalue weighted by molar-refractivity contribution is -0.126. The molecule has 1 aromatic heterocycles. The summed E-state index contributed by atoms with van der Waals surface area (Å²) in [5.41, 5.74) is 1.05. The predicted molar refractivity (Wildman–Crippen MR) is 93.1 cm³/mol. The summed E-state index contributed by atoms with van der Waals surface area (Å²) in [6.07, 6.45) is 0.103. The molecule has 8 heteroatoms. The first-order chi connectivity index (χ1) is 12.4. The minimum Gasteiger partial charge on any atom is -0.354 e. The van der Waals surface area contributed by atoms with Gasteiger partial charge in [0.2, 0.25) is 11.8 Å². The van der Waals surface area contributed by atoms with Gasteiger partial charge in [0.15, 0.2) is 0 Å². The quantitative estimate of drug-likeness (QED) is 0.859. The van der Waals surface area contributed by atoms with E-state index >= 15 is 0 Å². The van der Waals surface area contributed by atoms with Gasteiger partial charge in [-0.2, -0.15) is 5.10 Å². The van der Waals surface area contributed by atoms with Gasteiger partial charge in [0.1, 0.15) is 5.82 Å². The molecule has 1 fully saturated rings. The summed E-state index contributed by atoms with van der Waals surface area (Å²) in [5, 5.41) is 6.84. The molecule has 1 unspecified atom stereocenters. The highest BCUT2D eigenvalue weighted by Gasteiger charge is 2.34. The number of hydrogen-bond acceptors (Lipinski definition) is 4. The fourth-order valence-electron chi connectivity index (χ4n) is 2.89. The number of carbonyl (C=O) groups is 2. The van der Waals surface area contributed by atoms with Gasteiger partial charge in [0, 0.05) is 31.3 Å². The zero-order valence-electron chi connectivity index (χ0n) is 14.3. The molecule has 26 heavy (non-hydrogen) atoms. The van der Waals surface area contributed by atoms with E-state index < -0.39 is 5.92 Å². The molecule has 2 amide bonds. The maximum atomic E-state index is 13.0. The Morgan fingerprint density at radius 1 is 1.23 bits per heavy atom. The number of rotatable bonds is 5. The van der Waals surface area contributed by atoms with Crippen molar-refractivity contribution in [2.75, 3.05) is 18.0 Å². The van der Waals surface area contributed by atoms with Crippen molar-refractivity contribution >= 4 is 17.5 Å². The highest BCUT2D eigenvalue weighted by molar-refractivity contribution is 6.00. The van der Waals surface area contributed by atoms with Crippen molar-refractivity contribution in [1.82, 2.24) is 15.1 Å².